The maximum absolute atomic E-state index is 2.46. The van der Waals surface area contributed by atoms with Crippen LogP contribution in [-0.2, 0) is 10.8 Å². The predicted octanol–water partition coefficient (Wildman–Crippen LogP) is 17.5. The van der Waals surface area contributed by atoms with Crippen LogP contribution in [0.5, 0.6) is 0 Å². The van der Waals surface area contributed by atoms with Crippen LogP contribution in [-0.4, -0.2) is 0 Å². The van der Waals surface area contributed by atoms with Gasteiger partial charge in [0.1, 0.15) is 0 Å². The summed E-state index contributed by atoms with van der Waals surface area (Å²) < 4.78 is 0. The number of benzene rings is 10. The molecule has 302 valence electrons. The molecule has 0 aliphatic carbocycles. The molecular weight excluding hydrogens is 749 g/mol. The molecule has 2 nitrogen and oxygen atoms in total. The van der Waals surface area contributed by atoms with Gasteiger partial charge in [-0.25, -0.2) is 0 Å². The molecule has 0 atom stereocenters. The number of hydrogen-bond acceptors (Lipinski definition) is 2. The Bertz CT molecular complexity index is 2920. The molecule has 10 rings (SSSR count). The summed E-state index contributed by atoms with van der Waals surface area (Å²) >= 11 is 0. The summed E-state index contributed by atoms with van der Waals surface area (Å²) in [5.41, 5.74) is 14.3. The molecular formula is C60H52N2. The van der Waals surface area contributed by atoms with E-state index in [0.717, 1.165) is 34.1 Å². The zero-order valence-electron chi connectivity index (χ0n) is 36.5. The number of nitrogens with zero attached hydrogens (tertiary/aromatic N) is 2. The molecule has 0 bridgehead atoms. The SMILES string of the molecule is CC(C)(C)c1ccc(N(c2ccccc2)c2cc(-c3ccccc3)c3ccc4c(N(c5ccccc5)c5ccc(C(C)(C)C)cc5)cc(-c5ccccc5)c5ccc2c3c54)cc1. The first-order valence-electron chi connectivity index (χ1n) is 21.9. The normalized spacial score (nSPS) is 12.0. The van der Waals surface area contributed by atoms with E-state index in [1.165, 1.54) is 65.7 Å². The standard InChI is InChI=1S/C60H52N2/c1-59(2,3)43-27-31-47(32-28-43)61(45-23-15-9-16-24-45)55-39-53(41-19-11-7-12-20-41)49-36-38-52-56(40-54(42-21-13-8-14-22-42)50-35-37-51(55)57(49)58(50)52)62(46-25-17-10-18-26-46)48-33-29-44(30-34-48)60(4,5)6/h7-40H,1-6H3. The Morgan fingerprint density at radius 3 is 0.903 bits per heavy atom. The average molecular weight is 801 g/mol. The van der Waals surface area contributed by atoms with E-state index in [2.05, 4.69) is 258 Å². The molecule has 10 aromatic carbocycles. The lowest BCUT2D eigenvalue weighted by Gasteiger charge is -2.31. The first-order chi connectivity index (χ1) is 30.0. The van der Waals surface area contributed by atoms with E-state index in [1.807, 2.05) is 0 Å². The average Bonchev–Trinajstić information content (AvgIpc) is 3.30. The highest BCUT2D eigenvalue weighted by molar-refractivity contribution is 6.32. The van der Waals surface area contributed by atoms with Gasteiger partial charge >= 0.3 is 0 Å². The van der Waals surface area contributed by atoms with Crippen LogP contribution in [0.1, 0.15) is 52.7 Å². The molecule has 0 heterocycles. The van der Waals surface area contributed by atoms with Gasteiger partial charge in [0.15, 0.2) is 0 Å². The fourth-order valence-electron chi connectivity index (χ4n) is 9.27. The molecule has 0 aromatic heterocycles. The van der Waals surface area contributed by atoms with Crippen molar-refractivity contribution in [2.45, 2.75) is 52.4 Å². The lowest BCUT2D eigenvalue weighted by Crippen LogP contribution is -2.14. The van der Waals surface area contributed by atoms with Crippen molar-refractivity contribution in [1.82, 2.24) is 0 Å². The smallest absolute Gasteiger partial charge is 0.0546 e. The lowest BCUT2D eigenvalue weighted by atomic mass is 9.85. The fourth-order valence-corrected chi connectivity index (χ4v) is 9.27. The molecule has 10 aromatic rings. The Morgan fingerprint density at radius 1 is 0.290 bits per heavy atom. The first kappa shape index (κ1) is 39.0. The Morgan fingerprint density at radius 2 is 0.581 bits per heavy atom. The predicted molar refractivity (Wildman–Crippen MR) is 268 cm³/mol. The summed E-state index contributed by atoms with van der Waals surface area (Å²) in [6, 6.07) is 76.2. The van der Waals surface area contributed by atoms with E-state index >= 15 is 0 Å². The second-order valence-corrected chi connectivity index (χ2v) is 18.6. The summed E-state index contributed by atoms with van der Waals surface area (Å²) in [6.07, 6.45) is 0. The third-order valence-corrected chi connectivity index (χ3v) is 12.5. The molecule has 0 spiro atoms. The van der Waals surface area contributed by atoms with E-state index in [0.29, 0.717) is 0 Å². The molecule has 0 unspecified atom stereocenters. The van der Waals surface area contributed by atoms with Crippen LogP contribution >= 0.6 is 0 Å². The second-order valence-electron chi connectivity index (χ2n) is 18.6. The minimum Gasteiger partial charge on any atom is -0.310 e. The first-order valence-corrected chi connectivity index (χ1v) is 21.9. The van der Waals surface area contributed by atoms with Crippen molar-refractivity contribution in [1.29, 1.82) is 0 Å². The van der Waals surface area contributed by atoms with Crippen molar-refractivity contribution < 1.29 is 0 Å². The van der Waals surface area contributed by atoms with Crippen LogP contribution in [0.25, 0.3) is 54.6 Å². The molecule has 0 aliphatic rings. The molecule has 0 saturated heterocycles. The fraction of sp³-hybridized carbons (Fsp3) is 0.133. The number of rotatable bonds is 8. The number of para-hydroxylation sites is 2. The zero-order valence-corrected chi connectivity index (χ0v) is 36.5. The van der Waals surface area contributed by atoms with Gasteiger partial charge in [-0.1, -0.05) is 187 Å². The third-order valence-electron chi connectivity index (χ3n) is 12.5. The van der Waals surface area contributed by atoms with Crippen LogP contribution in [0.15, 0.2) is 206 Å². The molecule has 0 aliphatic heterocycles. The Balaban J connectivity index is 1.34. The van der Waals surface area contributed by atoms with Crippen LogP contribution in [0.3, 0.4) is 0 Å². The van der Waals surface area contributed by atoms with Crippen LogP contribution < -0.4 is 9.80 Å². The summed E-state index contributed by atoms with van der Waals surface area (Å²) in [6.45, 7) is 13.7. The molecule has 0 N–H and O–H groups in total. The summed E-state index contributed by atoms with van der Waals surface area (Å²) in [5, 5.41) is 7.41. The zero-order chi connectivity index (χ0) is 42.6. The van der Waals surface area contributed by atoms with Gasteiger partial charge in [-0.3, -0.25) is 0 Å². The third kappa shape index (κ3) is 6.96. The van der Waals surface area contributed by atoms with Gasteiger partial charge in [-0.2, -0.15) is 0 Å². The lowest BCUT2D eigenvalue weighted by molar-refractivity contribution is 0.590. The Labute approximate surface area is 366 Å². The van der Waals surface area contributed by atoms with Gasteiger partial charge in [0.05, 0.1) is 11.4 Å². The van der Waals surface area contributed by atoms with Gasteiger partial charge in [0, 0.05) is 44.3 Å². The molecule has 0 radical (unpaired) electrons. The van der Waals surface area contributed by atoms with Crippen LogP contribution in [0.4, 0.5) is 34.1 Å². The van der Waals surface area contributed by atoms with Crippen molar-refractivity contribution in [3.63, 3.8) is 0 Å². The van der Waals surface area contributed by atoms with Crippen molar-refractivity contribution in [3.05, 3.63) is 217 Å². The Hall–Kier alpha value is -7.16. The summed E-state index contributed by atoms with van der Waals surface area (Å²) in [4.78, 5) is 4.91. The van der Waals surface area contributed by atoms with E-state index in [-0.39, 0.29) is 10.8 Å². The maximum Gasteiger partial charge on any atom is 0.0546 e. The van der Waals surface area contributed by atoms with Crippen molar-refractivity contribution in [3.8, 4) is 22.3 Å². The quantitative estimate of drug-likeness (QED) is 0.141. The van der Waals surface area contributed by atoms with Gasteiger partial charge in [0.2, 0.25) is 0 Å². The minimum atomic E-state index is 0.0417. The summed E-state index contributed by atoms with van der Waals surface area (Å²) in [5.74, 6) is 0. The molecule has 0 amide bonds. The molecule has 0 fully saturated rings. The van der Waals surface area contributed by atoms with Crippen LogP contribution in [0, 0.1) is 0 Å². The van der Waals surface area contributed by atoms with Gasteiger partial charge in [-0.05, 0) is 116 Å². The highest BCUT2D eigenvalue weighted by Gasteiger charge is 2.26. The van der Waals surface area contributed by atoms with Gasteiger partial charge in [-0.15, -0.1) is 0 Å². The number of anilines is 6. The highest BCUT2D eigenvalue weighted by Crippen LogP contribution is 2.52. The topological polar surface area (TPSA) is 6.48 Å². The molecule has 0 saturated carbocycles. The second kappa shape index (κ2) is 15.4. The minimum absolute atomic E-state index is 0.0417. The van der Waals surface area contributed by atoms with Gasteiger partial charge < -0.3 is 9.80 Å². The molecule has 62 heavy (non-hydrogen) atoms. The molecule has 2 heteroatoms. The highest BCUT2D eigenvalue weighted by atomic mass is 15.1. The van der Waals surface area contributed by atoms with E-state index in [4.69, 9.17) is 0 Å². The van der Waals surface area contributed by atoms with Crippen molar-refractivity contribution in [2.75, 3.05) is 9.80 Å². The van der Waals surface area contributed by atoms with E-state index < -0.39 is 0 Å². The summed E-state index contributed by atoms with van der Waals surface area (Å²) in [7, 11) is 0. The van der Waals surface area contributed by atoms with Crippen molar-refractivity contribution >= 4 is 66.4 Å². The van der Waals surface area contributed by atoms with Crippen LogP contribution in [0.2, 0.25) is 0 Å². The van der Waals surface area contributed by atoms with E-state index in [9.17, 15) is 0 Å². The maximum atomic E-state index is 2.46. The van der Waals surface area contributed by atoms with Gasteiger partial charge in [0.25, 0.3) is 0 Å². The van der Waals surface area contributed by atoms with Crippen molar-refractivity contribution in [2.24, 2.45) is 0 Å². The Kier molecular flexibility index (Phi) is 9.68. The number of hydrogen-bond donors (Lipinski definition) is 0. The monoisotopic (exact) mass is 800 g/mol. The van der Waals surface area contributed by atoms with E-state index in [1.54, 1.807) is 0 Å². The largest absolute Gasteiger partial charge is 0.310 e.